The largest absolute Gasteiger partial charge is 0.345 e. The molecule has 0 aliphatic carbocycles. The number of halogens is 1. The Morgan fingerprint density at radius 3 is 2.59 bits per heavy atom. The molecule has 27 heavy (non-hydrogen) atoms. The highest BCUT2D eigenvalue weighted by Crippen LogP contribution is 2.19. The van der Waals surface area contributed by atoms with E-state index in [0.717, 1.165) is 50.5 Å². The Morgan fingerprint density at radius 2 is 1.96 bits per heavy atom. The lowest BCUT2D eigenvalue weighted by atomic mass is 9.96. The van der Waals surface area contributed by atoms with Gasteiger partial charge < -0.3 is 9.80 Å². The first-order chi connectivity index (χ1) is 13.0. The highest BCUT2D eigenvalue weighted by Gasteiger charge is 2.23. The zero-order chi connectivity index (χ0) is 19.2. The van der Waals surface area contributed by atoms with E-state index in [9.17, 15) is 4.79 Å². The second kappa shape index (κ2) is 9.33. The molecule has 1 amide bonds. The van der Waals surface area contributed by atoms with Crippen LogP contribution in [0.4, 0.5) is 0 Å². The second-order valence-electron chi connectivity index (χ2n) is 7.41. The molecular weight excluding hydrogens is 364 g/mol. The molecule has 0 bridgehead atoms. The van der Waals surface area contributed by atoms with Crippen LogP contribution in [0.5, 0.6) is 0 Å². The van der Waals surface area contributed by atoms with Crippen molar-refractivity contribution in [2.45, 2.75) is 32.6 Å². The summed E-state index contributed by atoms with van der Waals surface area (Å²) in [5.74, 6) is 0.626. The van der Waals surface area contributed by atoms with Crippen molar-refractivity contribution in [1.82, 2.24) is 20.1 Å². The van der Waals surface area contributed by atoms with Gasteiger partial charge in [-0.2, -0.15) is 0 Å². The SMILES string of the molecule is Cc1nonc1CC(=O)N(C)CC1CCN(CCc2ccc(Cl)cc2)CC1. The summed E-state index contributed by atoms with van der Waals surface area (Å²) in [5, 5.41) is 8.31. The fraction of sp³-hybridized carbons (Fsp3) is 0.550. The van der Waals surface area contributed by atoms with Gasteiger partial charge in [-0.25, -0.2) is 4.63 Å². The van der Waals surface area contributed by atoms with Gasteiger partial charge in [-0.15, -0.1) is 0 Å². The summed E-state index contributed by atoms with van der Waals surface area (Å²) in [6.45, 7) is 5.85. The first kappa shape index (κ1) is 19.8. The van der Waals surface area contributed by atoms with E-state index in [1.807, 2.05) is 24.1 Å². The average molecular weight is 391 g/mol. The van der Waals surface area contributed by atoms with E-state index in [0.29, 0.717) is 17.3 Å². The number of amides is 1. The summed E-state index contributed by atoms with van der Waals surface area (Å²) in [4.78, 5) is 16.7. The van der Waals surface area contributed by atoms with Gasteiger partial charge in [0.1, 0.15) is 11.4 Å². The maximum Gasteiger partial charge on any atom is 0.228 e. The van der Waals surface area contributed by atoms with E-state index in [-0.39, 0.29) is 12.3 Å². The number of carbonyl (C=O) groups is 1. The highest BCUT2D eigenvalue weighted by atomic mass is 35.5. The smallest absolute Gasteiger partial charge is 0.228 e. The van der Waals surface area contributed by atoms with E-state index in [4.69, 9.17) is 11.6 Å². The molecule has 0 radical (unpaired) electrons. The summed E-state index contributed by atoms with van der Waals surface area (Å²) in [6, 6.07) is 8.10. The number of likely N-dealkylation sites (tertiary alicyclic amines) is 1. The lowest BCUT2D eigenvalue weighted by Gasteiger charge is -2.34. The summed E-state index contributed by atoms with van der Waals surface area (Å²) in [5.41, 5.74) is 2.64. The summed E-state index contributed by atoms with van der Waals surface area (Å²) >= 11 is 5.94. The van der Waals surface area contributed by atoms with Gasteiger partial charge in [-0.1, -0.05) is 34.0 Å². The number of aromatic nitrogens is 2. The molecule has 0 N–H and O–H groups in total. The normalized spacial score (nSPS) is 15.8. The van der Waals surface area contributed by atoms with Crippen LogP contribution in [-0.2, 0) is 17.6 Å². The van der Waals surface area contributed by atoms with Crippen molar-refractivity contribution < 1.29 is 9.42 Å². The lowest BCUT2D eigenvalue weighted by molar-refractivity contribution is -0.130. The zero-order valence-corrected chi connectivity index (χ0v) is 16.8. The number of carbonyl (C=O) groups excluding carboxylic acids is 1. The molecule has 7 heteroatoms. The number of piperidine rings is 1. The van der Waals surface area contributed by atoms with Gasteiger partial charge in [0.25, 0.3) is 0 Å². The molecule has 146 valence electrons. The Kier molecular flexibility index (Phi) is 6.85. The van der Waals surface area contributed by atoms with Crippen molar-refractivity contribution in [2.24, 2.45) is 5.92 Å². The maximum atomic E-state index is 12.4. The molecule has 0 atom stereocenters. The monoisotopic (exact) mass is 390 g/mol. The van der Waals surface area contributed by atoms with Gasteiger partial charge in [-0.3, -0.25) is 4.79 Å². The van der Waals surface area contributed by atoms with Crippen LogP contribution in [0, 0.1) is 12.8 Å². The minimum absolute atomic E-state index is 0.0685. The fourth-order valence-electron chi connectivity index (χ4n) is 3.51. The van der Waals surface area contributed by atoms with Gasteiger partial charge in [0.2, 0.25) is 5.91 Å². The number of benzene rings is 1. The van der Waals surface area contributed by atoms with E-state index in [1.54, 1.807) is 6.92 Å². The predicted molar refractivity (Wildman–Crippen MR) is 105 cm³/mol. The van der Waals surface area contributed by atoms with Gasteiger partial charge >= 0.3 is 0 Å². The van der Waals surface area contributed by atoms with E-state index < -0.39 is 0 Å². The number of nitrogens with zero attached hydrogens (tertiary/aromatic N) is 4. The van der Waals surface area contributed by atoms with E-state index in [2.05, 4.69) is 32.0 Å². The molecule has 1 aromatic heterocycles. The van der Waals surface area contributed by atoms with Crippen molar-refractivity contribution in [1.29, 1.82) is 0 Å². The Hall–Kier alpha value is -1.92. The van der Waals surface area contributed by atoms with E-state index in [1.165, 1.54) is 5.56 Å². The first-order valence-electron chi connectivity index (χ1n) is 9.50. The van der Waals surface area contributed by atoms with Crippen molar-refractivity contribution in [2.75, 3.05) is 33.2 Å². The molecule has 1 fully saturated rings. The van der Waals surface area contributed by atoms with Crippen LogP contribution in [0.15, 0.2) is 28.9 Å². The molecule has 6 nitrogen and oxygen atoms in total. The third kappa shape index (κ3) is 5.78. The van der Waals surface area contributed by atoms with Crippen LogP contribution in [-0.4, -0.2) is 59.2 Å². The molecule has 2 heterocycles. The molecular formula is C20H27ClN4O2. The maximum absolute atomic E-state index is 12.4. The minimum Gasteiger partial charge on any atom is -0.345 e. The summed E-state index contributed by atoms with van der Waals surface area (Å²) in [6.07, 6.45) is 3.56. The molecule has 3 rings (SSSR count). The molecule has 1 saturated heterocycles. The number of likely N-dealkylation sites (N-methyl/N-ethyl adjacent to an activating group) is 1. The average Bonchev–Trinajstić information content (AvgIpc) is 3.07. The van der Waals surface area contributed by atoms with Gasteiger partial charge in [0.15, 0.2) is 0 Å². The van der Waals surface area contributed by atoms with Crippen molar-refractivity contribution in [3.63, 3.8) is 0 Å². The molecule has 1 aromatic carbocycles. The molecule has 0 unspecified atom stereocenters. The Bertz CT molecular complexity index is 739. The summed E-state index contributed by atoms with van der Waals surface area (Å²) in [7, 11) is 1.87. The number of hydrogen-bond acceptors (Lipinski definition) is 5. The molecule has 1 aliphatic rings. The zero-order valence-electron chi connectivity index (χ0n) is 16.0. The molecule has 2 aromatic rings. The van der Waals surface area contributed by atoms with Gasteiger partial charge in [-0.05, 0) is 62.9 Å². The van der Waals surface area contributed by atoms with Crippen LogP contribution in [0.3, 0.4) is 0 Å². The van der Waals surface area contributed by atoms with Gasteiger partial charge in [0, 0.05) is 25.2 Å². The fourth-order valence-corrected chi connectivity index (χ4v) is 3.63. The predicted octanol–water partition coefficient (Wildman–Crippen LogP) is 2.99. The van der Waals surface area contributed by atoms with Crippen molar-refractivity contribution in [3.8, 4) is 0 Å². The lowest BCUT2D eigenvalue weighted by Crippen LogP contribution is -2.40. The number of hydrogen-bond donors (Lipinski definition) is 0. The third-order valence-electron chi connectivity index (χ3n) is 5.36. The third-order valence-corrected chi connectivity index (χ3v) is 5.61. The first-order valence-corrected chi connectivity index (χ1v) is 9.88. The van der Waals surface area contributed by atoms with Crippen LogP contribution in [0.1, 0.15) is 29.8 Å². The highest BCUT2D eigenvalue weighted by molar-refractivity contribution is 6.30. The number of aryl methyl sites for hydroxylation is 1. The van der Waals surface area contributed by atoms with Crippen molar-refractivity contribution in [3.05, 3.63) is 46.2 Å². The standard InChI is InChI=1S/C20H27ClN4O2/c1-15-19(23-27-22-15)13-20(26)24(2)14-17-8-11-25(12-9-17)10-7-16-3-5-18(21)6-4-16/h3-6,17H,7-14H2,1-2H3. The topological polar surface area (TPSA) is 62.5 Å². The summed E-state index contributed by atoms with van der Waals surface area (Å²) < 4.78 is 4.67. The molecule has 0 saturated carbocycles. The van der Waals surface area contributed by atoms with Gasteiger partial charge in [0.05, 0.1) is 6.42 Å². The van der Waals surface area contributed by atoms with E-state index >= 15 is 0 Å². The quantitative estimate of drug-likeness (QED) is 0.727. The van der Waals surface area contributed by atoms with Crippen LogP contribution in [0.2, 0.25) is 5.02 Å². The second-order valence-corrected chi connectivity index (χ2v) is 7.85. The number of rotatable bonds is 7. The van der Waals surface area contributed by atoms with Crippen LogP contribution >= 0.6 is 11.6 Å². The van der Waals surface area contributed by atoms with Crippen molar-refractivity contribution >= 4 is 17.5 Å². The van der Waals surface area contributed by atoms with Crippen LogP contribution < -0.4 is 0 Å². The minimum atomic E-state index is 0.0685. The Labute approximate surface area is 165 Å². The Morgan fingerprint density at radius 1 is 1.26 bits per heavy atom. The Balaban J connectivity index is 1.37. The molecule has 1 aliphatic heterocycles. The van der Waals surface area contributed by atoms with Crippen LogP contribution in [0.25, 0.3) is 0 Å². The molecule has 0 spiro atoms.